The number of nitrogens with zero attached hydrogens (tertiary/aromatic N) is 3. The lowest BCUT2D eigenvalue weighted by Crippen LogP contribution is -2.38. The second kappa shape index (κ2) is 7.58. The van der Waals surface area contributed by atoms with Gasteiger partial charge in [0, 0.05) is 24.2 Å². The lowest BCUT2D eigenvalue weighted by molar-refractivity contribution is -0.124. The molecule has 0 spiro atoms. The Bertz CT molecular complexity index is 1300. The Labute approximate surface area is 171 Å². The number of benzene rings is 1. The van der Waals surface area contributed by atoms with Crippen molar-refractivity contribution in [3.63, 3.8) is 0 Å². The van der Waals surface area contributed by atoms with Crippen molar-refractivity contribution in [3.05, 3.63) is 58.3 Å². The molecule has 30 heavy (non-hydrogen) atoms. The number of para-hydroxylation sites is 1. The third kappa shape index (κ3) is 3.08. The van der Waals surface area contributed by atoms with Crippen LogP contribution in [0.4, 0.5) is 0 Å². The van der Waals surface area contributed by atoms with Crippen LogP contribution in [0.5, 0.6) is 11.5 Å². The number of hydrogen-bond donors (Lipinski definition) is 1. The standard InChI is InChI=1S/C21H22N4O5/c1-12(20(26)22-11-14-6-5-7-17(28-3)19(14)29-4)25-21(27)16-10-18-15(8-9-30-18)24(16)13(2)23-25/h5-10,12H,11H2,1-4H3,(H,22,26)/t12-/m0/s1. The molecule has 0 aliphatic heterocycles. The zero-order valence-electron chi connectivity index (χ0n) is 17.1. The van der Waals surface area contributed by atoms with Crippen molar-refractivity contribution in [3.8, 4) is 11.5 Å². The third-order valence-electron chi connectivity index (χ3n) is 5.11. The van der Waals surface area contributed by atoms with E-state index < -0.39 is 6.04 Å². The number of carbonyl (C=O) groups is 1. The summed E-state index contributed by atoms with van der Waals surface area (Å²) in [6, 6.07) is 8.06. The molecule has 156 valence electrons. The molecule has 4 aromatic rings. The van der Waals surface area contributed by atoms with Gasteiger partial charge in [-0.25, -0.2) is 4.68 Å². The highest BCUT2D eigenvalue weighted by molar-refractivity contribution is 5.83. The number of aromatic nitrogens is 3. The monoisotopic (exact) mass is 410 g/mol. The minimum atomic E-state index is -0.806. The molecule has 0 aliphatic rings. The van der Waals surface area contributed by atoms with Gasteiger partial charge in [0.2, 0.25) is 5.91 Å². The highest BCUT2D eigenvalue weighted by atomic mass is 16.5. The minimum Gasteiger partial charge on any atom is -0.493 e. The summed E-state index contributed by atoms with van der Waals surface area (Å²) in [4.78, 5) is 25.8. The highest BCUT2D eigenvalue weighted by Gasteiger charge is 2.22. The number of nitrogens with one attached hydrogen (secondary N) is 1. The van der Waals surface area contributed by atoms with E-state index in [1.807, 2.05) is 12.1 Å². The van der Waals surface area contributed by atoms with Gasteiger partial charge in [-0.3, -0.25) is 14.0 Å². The number of furan rings is 1. The number of aryl methyl sites for hydroxylation is 1. The summed E-state index contributed by atoms with van der Waals surface area (Å²) in [6.07, 6.45) is 1.56. The van der Waals surface area contributed by atoms with Gasteiger partial charge in [0.1, 0.15) is 17.4 Å². The number of rotatable bonds is 6. The van der Waals surface area contributed by atoms with Gasteiger partial charge in [-0.1, -0.05) is 12.1 Å². The molecule has 0 bridgehead atoms. The number of methoxy groups -OCH3 is 2. The summed E-state index contributed by atoms with van der Waals surface area (Å²) in [5.41, 5.74) is 2.16. The van der Waals surface area contributed by atoms with Crippen LogP contribution < -0.4 is 20.3 Å². The lowest BCUT2D eigenvalue weighted by Gasteiger charge is -2.17. The van der Waals surface area contributed by atoms with Crippen molar-refractivity contribution in [2.24, 2.45) is 0 Å². The van der Waals surface area contributed by atoms with E-state index >= 15 is 0 Å². The lowest BCUT2D eigenvalue weighted by atomic mass is 10.1. The first kappa shape index (κ1) is 19.6. The Kier molecular flexibility index (Phi) is 4.94. The van der Waals surface area contributed by atoms with Crippen LogP contribution in [0, 0.1) is 6.92 Å². The van der Waals surface area contributed by atoms with Crippen LogP contribution >= 0.6 is 0 Å². The molecule has 0 fully saturated rings. The summed E-state index contributed by atoms with van der Waals surface area (Å²) in [5, 5.41) is 7.20. The van der Waals surface area contributed by atoms with E-state index in [1.165, 1.54) is 4.68 Å². The van der Waals surface area contributed by atoms with E-state index in [9.17, 15) is 9.59 Å². The fourth-order valence-corrected chi connectivity index (χ4v) is 3.59. The Morgan fingerprint density at radius 2 is 2.03 bits per heavy atom. The molecule has 0 aliphatic carbocycles. The second-order valence-electron chi connectivity index (χ2n) is 6.88. The maximum Gasteiger partial charge on any atom is 0.291 e. The molecular weight excluding hydrogens is 388 g/mol. The van der Waals surface area contributed by atoms with E-state index in [0.29, 0.717) is 28.4 Å². The van der Waals surface area contributed by atoms with Gasteiger partial charge in [-0.15, -0.1) is 0 Å². The number of fused-ring (bicyclic) bond motifs is 3. The zero-order chi connectivity index (χ0) is 21.4. The van der Waals surface area contributed by atoms with E-state index in [4.69, 9.17) is 13.9 Å². The van der Waals surface area contributed by atoms with E-state index in [2.05, 4.69) is 10.4 Å². The van der Waals surface area contributed by atoms with Crippen LogP contribution in [0.2, 0.25) is 0 Å². The van der Waals surface area contributed by atoms with E-state index in [1.54, 1.807) is 56.9 Å². The van der Waals surface area contributed by atoms with Gasteiger partial charge < -0.3 is 19.2 Å². The second-order valence-corrected chi connectivity index (χ2v) is 6.88. The topological polar surface area (TPSA) is 100 Å². The maximum atomic E-state index is 13.0. The summed E-state index contributed by atoms with van der Waals surface area (Å²) >= 11 is 0. The van der Waals surface area contributed by atoms with Crippen LogP contribution in [-0.4, -0.2) is 34.3 Å². The van der Waals surface area contributed by atoms with Gasteiger partial charge in [0.25, 0.3) is 5.56 Å². The number of hydrogen-bond acceptors (Lipinski definition) is 6. The molecule has 0 saturated carbocycles. The van der Waals surface area contributed by atoms with Crippen molar-refractivity contribution in [2.45, 2.75) is 26.4 Å². The average Bonchev–Trinajstić information content (AvgIpc) is 3.35. The van der Waals surface area contributed by atoms with Crippen LogP contribution in [0.3, 0.4) is 0 Å². The Morgan fingerprint density at radius 1 is 1.23 bits per heavy atom. The molecule has 0 radical (unpaired) electrons. The first-order valence-corrected chi connectivity index (χ1v) is 9.42. The average molecular weight is 410 g/mol. The van der Waals surface area contributed by atoms with Crippen LogP contribution in [0.15, 0.2) is 45.8 Å². The summed E-state index contributed by atoms with van der Waals surface area (Å²) < 4.78 is 19.0. The van der Waals surface area contributed by atoms with Crippen LogP contribution in [-0.2, 0) is 11.3 Å². The van der Waals surface area contributed by atoms with E-state index in [0.717, 1.165) is 11.1 Å². The minimum absolute atomic E-state index is 0.220. The van der Waals surface area contributed by atoms with Crippen LogP contribution in [0.1, 0.15) is 24.4 Å². The third-order valence-corrected chi connectivity index (χ3v) is 5.11. The fraction of sp³-hybridized carbons (Fsp3) is 0.286. The molecule has 0 unspecified atom stereocenters. The molecule has 1 N–H and O–H groups in total. The highest BCUT2D eigenvalue weighted by Crippen LogP contribution is 2.30. The summed E-state index contributed by atoms with van der Waals surface area (Å²) in [5.74, 6) is 1.37. The SMILES string of the molecule is COc1cccc(CNC(=O)[C@H](C)n2nc(C)n3c(cc4occc43)c2=O)c1OC. The number of amides is 1. The predicted octanol–water partition coefficient (Wildman–Crippen LogP) is 2.45. The predicted molar refractivity (Wildman–Crippen MR) is 110 cm³/mol. The molecule has 0 saturated heterocycles. The molecule has 9 heteroatoms. The molecule has 3 aromatic heterocycles. The molecular formula is C21H22N4O5. The van der Waals surface area contributed by atoms with E-state index in [-0.39, 0.29) is 18.0 Å². The van der Waals surface area contributed by atoms with Crippen molar-refractivity contribution < 1.29 is 18.7 Å². The number of ether oxygens (including phenoxy) is 2. The first-order chi connectivity index (χ1) is 14.5. The number of carbonyl (C=O) groups excluding carboxylic acids is 1. The Morgan fingerprint density at radius 3 is 2.77 bits per heavy atom. The Hall–Kier alpha value is -3.75. The molecule has 4 rings (SSSR count). The molecule has 1 atom stereocenters. The quantitative estimate of drug-likeness (QED) is 0.524. The van der Waals surface area contributed by atoms with Gasteiger partial charge in [0.15, 0.2) is 17.1 Å². The van der Waals surface area contributed by atoms with Gasteiger partial charge in [-0.2, -0.15) is 5.10 Å². The van der Waals surface area contributed by atoms with Gasteiger partial charge in [-0.05, 0) is 19.9 Å². The Balaban J connectivity index is 1.61. The van der Waals surface area contributed by atoms with Crippen molar-refractivity contribution >= 4 is 22.5 Å². The molecule has 9 nitrogen and oxygen atoms in total. The van der Waals surface area contributed by atoms with Crippen molar-refractivity contribution in [1.82, 2.24) is 19.5 Å². The van der Waals surface area contributed by atoms with Crippen molar-refractivity contribution in [1.29, 1.82) is 0 Å². The normalized spacial score (nSPS) is 12.3. The molecule has 1 amide bonds. The maximum absolute atomic E-state index is 13.0. The molecule has 1 aromatic carbocycles. The van der Waals surface area contributed by atoms with Gasteiger partial charge in [0.05, 0.1) is 26.0 Å². The summed E-state index contributed by atoms with van der Waals surface area (Å²) in [6.45, 7) is 3.63. The first-order valence-electron chi connectivity index (χ1n) is 9.42. The van der Waals surface area contributed by atoms with Crippen molar-refractivity contribution in [2.75, 3.05) is 14.2 Å². The molecule has 3 heterocycles. The van der Waals surface area contributed by atoms with Gasteiger partial charge >= 0.3 is 0 Å². The largest absolute Gasteiger partial charge is 0.493 e. The van der Waals surface area contributed by atoms with Crippen LogP contribution in [0.25, 0.3) is 16.6 Å². The zero-order valence-corrected chi connectivity index (χ0v) is 17.1. The summed E-state index contributed by atoms with van der Waals surface area (Å²) in [7, 11) is 3.10. The smallest absolute Gasteiger partial charge is 0.291 e. The fourth-order valence-electron chi connectivity index (χ4n) is 3.59.